The van der Waals surface area contributed by atoms with Crippen LogP contribution in [0.25, 0.3) is 0 Å². The molecule has 0 amide bonds. The molecule has 0 N–H and O–H groups in total. The van der Waals surface area contributed by atoms with Crippen molar-refractivity contribution in [3.05, 3.63) is 30.3 Å². The zero-order chi connectivity index (χ0) is 16.8. The molecule has 1 rings (SSSR count). The van der Waals surface area contributed by atoms with Gasteiger partial charge in [0.1, 0.15) is 5.75 Å². The molecule has 0 atom stereocenters. The zero-order valence-corrected chi connectivity index (χ0v) is 16.7. The summed E-state index contributed by atoms with van der Waals surface area (Å²) >= 11 is 0. The molecule has 0 saturated carbocycles. The molecule has 0 heterocycles. The van der Waals surface area contributed by atoms with Crippen molar-refractivity contribution >= 4 is 17.7 Å². The quantitative estimate of drug-likeness (QED) is 0.266. The Labute approximate surface area is 145 Å². The average molecular weight is 361 g/mol. The van der Waals surface area contributed by atoms with Crippen LogP contribution in [0, 0.1) is 0 Å². The van der Waals surface area contributed by atoms with Crippen molar-refractivity contribution in [3.63, 3.8) is 0 Å². The van der Waals surface area contributed by atoms with E-state index in [9.17, 15) is 0 Å². The third-order valence-corrected chi connectivity index (χ3v) is 8.15. The lowest BCUT2D eigenvalue weighted by molar-refractivity contribution is 0.197. The first-order valence-electron chi connectivity index (χ1n) is 8.88. The second kappa shape index (κ2) is 13.1. The van der Waals surface area contributed by atoms with Gasteiger partial charge in [-0.1, -0.05) is 58.2 Å². The van der Waals surface area contributed by atoms with Crippen molar-refractivity contribution in [1.29, 1.82) is 0 Å². The van der Waals surface area contributed by atoms with E-state index in [0.717, 1.165) is 48.1 Å². The Bertz CT molecular complexity index is 437. The number of thiol groups is 1. The first kappa shape index (κ1) is 20.8. The molecule has 1 aromatic rings. The van der Waals surface area contributed by atoms with Crippen LogP contribution in [-0.2, 0) is 20.0 Å². The molecule has 0 bridgehead atoms. The standard InChI is InChI=1S/C18H33O3PS/c1-4-7-15-19-22(20-16-8-5-2,23-17-9-6-3)21-18-13-11-10-12-14-18/h10-14,23H,4-9,15-17H2,1-3H3. The van der Waals surface area contributed by atoms with Crippen LogP contribution in [0.15, 0.2) is 30.3 Å². The summed E-state index contributed by atoms with van der Waals surface area (Å²) in [6.45, 7) is 5.65. The minimum atomic E-state index is -2.33. The van der Waals surface area contributed by atoms with E-state index in [2.05, 4.69) is 20.8 Å². The van der Waals surface area contributed by atoms with Crippen LogP contribution in [0.3, 0.4) is 0 Å². The van der Waals surface area contributed by atoms with Gasteiger partial charge in [0.05, 0.1) is 13.2 Å². The second-order valence-corrected chi connectivity index (χ2v) is 10.1. The molecule has 23 heavy (non-hydrogen) atoms. The summed E-state index contributed by atoms with van der Waals surface area (Å²) in [5.41, 5.74) is 0. The molecule has 3 nitrogen and oxygen atoms in total. The minimum Gasteiger partial charge on any atom is -0.428 e. The fourth-order valence-corrected chi connectivity index (χ4v) is 6.62. The molecule has 0 aliphatic heterocycles. The normalized spacial score (nSPS) is 11.6. The van der Waals surface area contributed by atoms with E-state index < -0.39 is 6.72 Å². The van der Waals surface area contributed by atoms with Gasteiger partial charge < -0.3 is 13.6 Å². The molecule has 0 spiro atoms. The molecule has 5 heteroatoms. The van der Waals surface area contributed by atoms with Crippen LogP contribution < -0.4 is 4.52 Å². The molecule has 0 aliphatic carbocycles. The number of rotatable bonds is 13. The van der Waals surface area contributed by atoms with Crippen LogP contribution in [0.5, 0.6) is 5.75 Å². The zero-order valence-electron chi connectivity index (χ0n) is 14.9. The highest BCUT2D eigenvalue weighted by Gasteiger charge is 2.22. The van der Waals surface area contributed by atoms with Crippen molar-refractivity contribution in [3.8, 4) is 5.75 Å². The molecule has 134 valence electrons. The molecule has 0 unspecified atom stereocenters. The lowest BCUT2D eigenvalue weighted by Gasteiger charge is -2.26. The maximum Gasteiger partial charge on any atom is 0.334 e. The summed E-state index contributed by atoms with van der Waals surface area (Å²) in [5.74, 6) is 1.91. The maximum absolute atomic E-state index is 6.30. The summed E-state index contributed by atoms with van der Waals surface area (Å²) in [6.07, 6.45) is 6.68. The first-order chi connectivity index (χ1) is 11.3. The van der Waals surface area contributed by atoms with Gasteiger partial charge >= 0.3 is 6.72 Å². The van der Waals surface area contributed by atoms with Crippen molar-refractivity contribution < 1.29 is 13.6 Å². The molecule has 1 aromatic carbocycles. The Balaban J connectivity index is 2.91. The monoisotopic (exact) mass is 360 g/mol. The first-order valence-corrected chi connectivity index (χ1v) is 12.2. The van der Waals surface area contributed by atoms with Gasteiger partial charge in [0.15, 0.2) is 0 Å². The number of benzene rings is 1. The van der Waals surface area contributed by atoms with Crippen molar-refractivity contribution in [2.45, 2.75) is 59.3 Å². The second-order valence-electron chi connectivity index (χ2n) is 5.47. The van der Waals surface area contributed by atoms with E-state index in [1.807, 2.05) is 30.3 Å². The smallest absolute Gasteiger partial charge is 0.334 e. The third-order valence-electron chi connectivity index (χ3n) is 3.25. The molecular weight excluding hydrogens is 327 g/mol. The van der Waals surface area contributed by atoms with E-state index in [1.165, 1.54) is 12.8 Å². The fraction of sp³-hybridized carbons (Fsp3) is 0.667. The van der Waals surface area contributed by atoms with Crippen molar-refractivity contribution in [2.24, 2.45) is 0 Å². The topological polar surface area (TPSA) is 27.7 Å². The van der Waals surface area contributed by atoms with E-state index >= 15 is 0 Å². The summed E-state index contributed by atoms with van der Waals surface area (Å²) in [5, 5.41) is 0. The molecular formula is C18H33O3PS. The predicted molar refractivity (Wildman–Crippen MR) is 104 cm³/mol. The van der Waals surface area contributed by atoms with Crippen LogP contribution in [0.1, 0.15) is 59.3 Å². The van der Waals surface area contributed by atoms with Gasteiger partial charge in [0.25, 0.3) is 0 Å². The van der Waals surface area contributed by atoms with Crippen molar-refractivity contribution in [1.82, 2.24) is 0 Å². The van der Waals surface area contributed by atoms with Gasteiger partial charge in [0, 0.05) is 0 Å². The molecule has 0 radical (unpaired) electrons. The lowest BCUT2D eigenvalue weighted by Crippen LogP contribution is -2.07. The average Bonchev–Trinajstić information content (AvgIpc) is 2.56. The van der Waals surface area contributed by atoms with Gasteiger partial charge in [-0.3, -0.25) is 0 Å². The Morgan fingerprint density at radius 3 is 1.91 bits per heavy atom. The lowest BCUT2D eigenvalue weighted by atomic mass is 10.3. The SMILES string of the molecule is CCCCOP(OCCCC)(Oc1ccccc1)=[SH]CCCC. The van der Waals surface area contributed by atoms with Gasteiger partial charge in [-0.2, -0.15) is 0 Å². The van der Waals surface area contributed by atoms with Crippen LogP contribution in [-0.4, -0.2) is 19.0 Å². The molecule has 0 fully saturated rings. The highest BCUT2D eigenvalue weighted by molar-refractivity contribution is 8.17. The number of para-hydroxylation sites is 1. The molecule has 0 saturated heterocycles. The fourth-order valence-electron chi connectivity index (χ4n) is 1.81. The molecule has 0 aromatic heterocycles. The Hall–Kier alpha value is -0.280. The van der Waals surface area contributed by atoms with E-state index in [1.54, 1.807) is 0 Å². The molecule has 0 aliphatic rings. The third kappa shape index (κ3) is 8.95. The number of unbranched alkanes of at least 4 members (excludes halogenated alkanes) is 3. The number of hydrogen-bond acceptors (Lipinski definition) is 3. The summed E-state index contributed by atoms with van der Waals surface area (Å²) < 4.78 is 18.7. The van der Waals surface area contributed by atoms with Gasteiger partial charge in [0.2, 0.25) is 0 Å². The van der Waals surface area contributed by atoms with Crippen LogP contribution in [0.2, 0.25) is 0 Å². The van der Waals surface area contributed by atoms with Gasteiger partial charge in [-0.25, -0.2) is 0 Å². The van der Waals surface area contributed by atoms with Gasteiger partial charge in [-0.15, -0.1) is 10.9 Å². The highest BCUT2D eigenvalue weighted by atomic mass is 32.5. The summed E-state index contributed by atoms with van der Waals surface area (Å²) in [4.78, 5) is 0. The van der Waals surface area contributed by atoms with Crippen molar-refractivity contribution in [2.75, 3.05) is 19.0 Å². The predicted octanol–water partition coefficient (Wildman–Crippen LogP) is 5.99. The summed E-state index contributed by atoms with van der Waals surface area (Å²) in [7, 11) is 1.16. The number of hydrogen-bond donors (Lipinski definition) is 1. The van der Waals surface area contributed by atoms with E-state index in [4.69, 9.17) is 13.6 Å². The van der Waals surface area contributed by atoms with Gasteiger partial charge in [-0.05, 0) is 37.1 Å². The minimum absolute atomic E-state index is 0.711. The Kier molecular flexibility index (Phi) is 11.8. The summed E-state index contributed by atoms with van der Waals surface area (Å²) in [6, 6.07) is 9.95. The Morgan fingerprint density at radius 1 is 0.826 bits per heavy atom. The van der Waals surface area contributed by atoms with E-state index in [-0.39, 0.29) is 0 Å². The van der Waals surface area contributed by atoms with E-state index in [0.29, 0.717) is 13.2 Å². The largest absolute Gasteiger partial charge is 0.428 e. The highest BCUT2D eigenvalue weighted by Crippen LogP contribution is 2.52. The Morgan fingerprint density at radius 2 is 1.39 bits per heavy atom. The van der Waals surface area contributed by atoms with Crippen LogP contribution >= 0.6 is 6.72 Å². The van der Waals surface area contributed by atoms with Crippen LogP contribution in [0.4, 0.5) is 0 Å². The maximum atomic E-state index is 6.30.